The van der Waals surface area contributed by atoms with E-state index in [0.717, 1.165) is 37.4 Å². The molecule has 2 rings (SSSR count). The third-order valence-electron chi connectivity index (χ3n) is 2.85. The summed E-state index contributed by atoms with van der Waals surface area (Å²) < 4.78 is 10.0. The number of anilines is 1. The Morgan fingerprint density at radius 1 is 1.50 bits per heavy atom. The Bertz CT molecular complexity index is 431. The summed E-state index contributed by atoms with van der Waals surface area (Å²) in [5.74, 6) is 0.220. The molecule has 6 heteroatoms. The van der Waals surface area contributed by atoms with Crippen LogP contribution in [-0.4, -0.2) is 30.3 Å². The summed E-state index contributed by atoms with van der Waals surface area (Å²) in [5.41, 5.74) is 6.65. The van der Waals surface area contributed by atoms with Crippen LogP contribution in [0, 0.1) is 6.92 Å². The van der Waals surface area contributed by atoms with E-state index in [0.29, 0.717) is 6.04 Å². The number of carbonyl (C=O) groups excluding carboxylic acids is 1. The summed E-state index contributed by atoms with van der Waals surface area (Å²) >= 11 is 0. The first-order valence-electron chi connectivity index (χ1n) is 5.94. The van der Waals surface area contributed by atoms with E-state index in [4.69, 9.17) is 15.2 Å². The molecule has 0 atom stereocenters. The summed E-state index contributed by atoms with van der Waals surface area (Å²) in [6.07, 6.45) is 1.12. The van der Waals surface area contributed by atoms with Crippen molar-refractivity contribution in [2.75, 3.05) is 18.5 Å². The first-order chi connectivity index (χ1) is 8.65. The highest BCUT2D eigenvalue weighted by Gasteiger charge is 2.14. The van der Waals surface area contributed by atoms with Gasteiger partial charge in [-0.15, -0.1) is 0 Å². The Morgan fingerprint density at radius 2 is 2.22 bits per heavy atom. The standard InChI is InChI=1S/C12H17N3O3/c1-8-10(15-9-4-6-17-7-5-9)2-3-11(14-8)18-12(13)16/h2-3,9,15H,4-7H2,1H3,(H2,13,16). The SMILES string of the molecule is Cc1nc(OC(N)=O)ccc1NC1CCOCC1. The molecule has 1 aliphatic rings. The highest BCUT2D eigenvalue weighted by atomic mass is 16.6. The van der Waals surface area contributed by atoms with Crippen molar-refractivity contribution in [3.05, 3.63) is 17.8 Å². The predicted molar refractivity (Wildman–Crippen MR) is 66.6 cm³/mol. The number of ether oxygens (including phenoxy) is 2. The number of nitrogens with two attached hydrogens (primary N) is 1. The predicted octanol–water partition coefficient (Wildman–Crippen LogP) is 1.44. The van der Waals surface area contributed by atoms with Gasteiger partial charge in [-0.2, -0.15) is 0 Å². The molecule has 0 saturated carbocycles. The van der Waals surface area contributed by atoms with E-state index in [1.165, 1.54) is 0 Å². The van der Waals surface area contributed by atoms with Gasteiger partial charge in [0.15, 0.2) is 0 Å². The monoisotopic (exact) mass is 251 g/mol. The molecule has 98 valence electrons. The number of nitrogens with one attached hydrogen (secondary N) is 1. The fourth-order valence-electron chi connectivity index (χ4n) is 1.91. The highest BCUT2D eigenvalue weighted by molar-refractivity contribution is 5.67. The average molecular weight is 251 g/mol. The Balaban J connectivity index is 2.02. The molecule has 0 spiro atoms. The van der Waals surface area contributed by atoms with Crippen LogP contribution in [0.25, 0.3) is 0 Å². The number of primary amides is 1. The van der Waals surface area contributed by atoms with E-state index in [9.17, 15) is 4.79 Å². The third kappa shape index (κ3) is 3.33. The van der Waals surface area contributed by atoms with Crippen LogP contribution in [0.15, 0.2) is 12.1 Å². The van der Waals surface area contributed by atoms with Crippen LogP contribution in [0.4, 0.5) is 10.5 Å². The first kappa shape index (κ1) is 12.6. The molecular weight excluding hydrogens is 234 g/mol. The van der Waals surface area contributed by atoms with Crippen molar-refractivity contribution < 1.29 is 14.3 Å². The number of hydrogen-bond donors (Lipinski definition) is 2. The van der Waals surface area contributed by atoms with Gasteiger partial charge in [-0.05, 0) is 25.8 Å². The van der Waals surface area contributed by atoms with E-state index in [1.54, 1.807) is 6.07 Å². The molecule has 1 saturated heterocycles. The molecule has 6 nitrogen and oxygen atoms in total. The van der Waals surface area contributed by atoms with E-state index in [-0.39, 0.29) is 5.88 Å². The summed E-state index contributed by atoms with van der Waals surface area (Å²) in [5, 5.41) is 3.42. The maximum atomic E-state index is 10.6. The molecule has 18 heavy (non-hydrogen) atoms. The van der Waals surface area contributed by atoms with Gasteiger partial charge in [0, 0.05) is 25.3 Å². The summed E-state index contributed by atoms with van der Waals surface area (Å²) in [6, 6.07) is 3.87. The van der Waals surface area contributed by atoms with E-state index >= 15 is 0 Å². The Labute approximate surface area is 105 Å². The van der Waals surface area contributed by atoms with Crippen molar-refractivity contribution in [2.45, 2.75) is 25.8 Å². The number of aryl methyl sites for hydroxylation is 1. The average Bonchev–Trinajstić information content (AvgIpc) is 2.33. The minimum atomic E-state index is -0.855. The summed E-state index contributed by atoms with van der Waals surface area (Å²) in [6.45, 7) is 3.43. The molecule has 0 bridgehead atoms. The van der Waals surface area contributed by atoms with Crippen LogP contribution in [0.5, 0.6) is 5.88 Å². The van der Waals surface area contributed by atoms with Gasteiger partial charge >= 0.3 is 6.09 Å². The molecule has 1 aromatic heterocycles. The number of carbonyl (C=O) groups is 1. The summed E-state index contributed by atoms with van der Waals surface area (Å²) in [7, 11) is 0. The number of nitrogens with zero attached hydrogens (tertiary/aromatic N) is 1. The lowest BCUT2D eigenvalue weighted by molar-refractivity contribution is 0.0904. The number of pyridine rings is 1. The largest absolute Gasteiger partial charge is 0.411 e. The molecule has 0 aromatic carbocycles. The molecule has 1 amide bonds. The fraction of sp³-hybridized carbons (Fsp3) is 0.500. The van der Waals surface area contributed by atoms with Crippen molar-refractivity contribution in [3.63, 3.8) is 0 Å². The second-order valence-electron chi connectivity index (χ2n) is 4.23. The maximum Gasteiger partial charge on any atom is 0.411 e. The van der Waals surface area contributed by atoms with Gasteiger partial charge in [0.05, 0.1) is 11.4 Å². The van der Waals surface area contributed by atoms with Crippen LogP contribution < -0.4 is 15.8 Å². The van der Waals surface area contributed by atoms with E-state index in [2.05, 4.69) is 10.3 Å². The van der Waals surface area contributed by atoms with Crippen LogP contribution >= 0.6 is 0 Å². The van der Waals surface area contributed by atoms with Gasteiger partial charge in [0.2, 0.25) is 5.88 Å². The van der Waals surface area contributed by atoms with Gasteiger partial charge in [0.25, 0.3) is 0 Å². The lowest BCUT2D eigenvalue weighted by atomic mass is 10.1. The van der Waals surface area contributed by atoms with Crippen LogP contribution in [0.1, 0.15) is 18.5 Å². The van der Waals surface area contributed by atoms with E-state index in [1.807, 2.05) is 13.0 Å². The molecule has 1 fully saturated rings. The van der Waals surface area contributed by atoms with Crippen molar-refractivity contribution >= 4 is 11.8 Å². The van der Waals surface area contributed by atoms with Crippen molar-refractivity contribution in [1.82, 2.24) is 4.98 Å². The van der Waals surface area contributed by atoms with Gasteiger partial charge < -0.3 is 20.5 Å². The number of amides is 1. The molecular formula is C12H17N3O3. The smallest absolute Gasteiger partial charge is 0.391 e. The van der Waals surface area contributed by atoms with Crippen LogP contribution in [0.3, 0.4) is 0 Å². The molecule has 3 N–H and O–H groups in total. The highest BCUT2D eigenvalue weighted by Crippen LogP contribution is 2.20. The lowest BCUT2D eigenvalue weighted by Crippen LogP contribution is -2.28. The number of aromatic nitrogens is 1. The van der Waals surface area contributed by atoms with Crippen molar-refractivity contribution in [2.24, 2.45) is 5.73 Å². The first-order valence-corrected chi connectivity index (χ1v) is 5.94. The van der Waals surface area contributed by atoms with Crippen LogP contribution in [0.2, 0.25) is 0 Å². The fourth-order valence-corrected chi connectivity index (χ4v) is 1.91. The summed E-state index contributed by atoms with van der Waals surface area (Å²) in [4.78, 5) is 14.8. The quantitative estimate of drug-likeness (QED) is 0.848. The Morgan fingerprint density at radius 3 is 2.83 bits per heavy atom. The second kappa shape index (κ2) is 5.68. The normalized spacial score (nSPS) is 16.3. The van der Waals surface area contributed by atoms with Gasteiger partial charge in [-0.1, -0.05) is 0 Å². The van der Waals surface area contributed by atoms with E-state index < -0.39 is 6.09 Å². The number of hydrogen-bond acceptors (Lipinski definition) is 5. The van der Waals surface area contributed by atoms with Crippen molar-refractivity contribution in [1.29, 1.82) is 0 Å². The minimum Gasteiger partial charge on any atom is -0.391 e. The zero-order valence-corrected chi connectivity index (χ0v) is 10.3. The molecule has 0 radical (unpaired) electrons. The van der Waals surface area contributed by atoms with Gasteiger partial charge in [-0.3, -0.25) is 0 Å². The molecule has 1 aromatic rings. The molecule has 2 heterocycles. The minimum absolute atomic E-state index is 0.220. The Hall–Kier alpha value is -1.82. The maximum absolute atomic E-state index is 10.6. The zero-order chi connectivity index (χ0) is 13.0. The lowest BCUT2D eigenvalue weighted by Gasteiger charge is -2.24. The molecule has 0 unspecified atom stereocenters. The molecule has 0 aliphatic carbocycles. The Kier molecular flexibility index (Phi) is 3.99. The van der Waals surface area contributed by atoms with Gasteiger partial charge in [0.1, 0.15) is 0 Å². The van der Waals surface area contributed by atoms with Crippen molar-refractivity contribution in [3.8, 4) is 5.88 Å². The van der Waals surface area contributed by atoms with Gasteiger partial charge in [-0.25, -0.2) is 9.78 Å². The van der Waals surface area contributed by atoms with Crippen LogP contribution in [-0.2, 0) is 4.74 Å². The second-order valence-corrected chi connectivity index (χ2v) is 4.23. The molecule has 1 aliphatic heterocycles. The number of rotatable bonds is 3. The topological polar surface area (TPSA) is 86.5 Å². The zero-order valence-electron chi connectivity index (χ0n) is 10.3. The third-order valence-corrected chi connectivity index (χ3v) is 2.85.